The van der Waals surface area contributed by atoms with Crippen LogP contribution >= 0.6 is 0 Å². The van der Waals surface area contributed by atoms with Gasteiger partial charge in [-0.25, -0.2) is 9.67 Å². The molecule has 0 aliphatic rings. The number of rotatable bonds is 6. The van der Waals surface area contributed by atoms with Crippen molar-refractivity contribution >= 4 is 0 Å². The van der Waals surface area contributed by atoms with Gasteiger partial charge in [-0.1, -0.05) is 20.8 Å². The number of nitrogens with zero attached hydrogens (tertiary/aromatic N) is 4. The Hall–Kier alpha value is -1.62. The number of hydrogen-bond acceptors (Lipinski definition) is 3. The predicted octanol–water partition coefficient (Wildman–Crippen LogP) is 2.97. The van der Waals surface area contributed by atoms with Gasteiger partial charge < -0.3 is 9.67 Å². The van der Waals surface area contributed by atoms with Crippen molar-refractivity contribution in [1.29, 1.82) is 0 Å². The van der Waals surface area contributed by atoms with Gasteiger partial charge in [-0.15, -0.1) is 0 Å². The third-order valence-corrected chi connectivity index (χ3v) is 3.44. The zero-order valence-electron chi connectivity index (χ0n) is 13.6. The van der Waals surface area contributed by atoms with Crippen molar-refractivity contribution < 1.29 is 5.11 Å². The molecule has 0 aliphatic carbocycles. The molecule has 21 heavy (non-hydrogen) atoms. The van der Waals surface area contributed by atoms with Crippen LogP contribution in [0.5, 0.6) is 0 Å². The number of aromatic nitrogens is 4. The summed E-state index contributed by atoms with van der Waals surface area (Å²) >= 11 is 0. The quantitative estimate of drug-likeness (QED) is 0.890. The Kier molecular flexibility index (Phi) is 4.52. The van der Waals surface area contributed by atoms with Crippen molar-refractivity contribution in [3.63, 3.8) is 0 Å². The lowest BCUT2D eigenvalue weighted by atomic mass is 10.1. The molecule has 5 nitrogen and oxygen atoms in total. The molecule has 0 bridgehead atoms. The first-order valence-electron chi connectivity index (χ1n) is 7.61. The summed E-state index contributed by atoms with van der Waals surface area (Å²) in [5.74, 6) is 2.02. The van der Waals surface area contributed by atoms with E-state index in [0.29, 0.717) is 6.54 Å². The molecule has 0 fully saturated rings. The highest BCUT2D eigenvalue weighted by Crippen LogP contribution is 2.23. The molecule has 0 amide bonds. The van der Waals surface area contributed by atoms with Crippen LogP contribution in [0.4, 0.5) is 0 Å². The van der Waals surface area contributed by atoms with Crippen molar-refractivity contribution in [2.24, 2.45) is 0 Å². The van der Waals surface area contributed by atoms with E-state index in [4.69, 9.17) is 4.98 Å². The van der Waals surface area contributed by atoms with Gasteiger partial charge in [0.1, 0.15) is 5.82 Å². The maximum atomic E-state index is 10.1. The first-order chi connectivity index (χ1) is 9.81. The van der Waals surface area contributed by atoms with Crippen LogP contribution in [-0.4, -0.2) is 30.0 Å². The summed E-state index contributed by atoms with van der Waals surface area (Å²) in [5.41, 5.74) is -0.814. The molecule has 0 saturated heterocycles. The van der Waals surface area contributed by atoms with Gasteiger partial charge in [-0.3, -0.25) is 0 Å². The van der Waals surface area contributed by atoms with E-state index >= 15 is 0 Å². The second-order valence-electron chi connectivity index (χ2n) is 6.51. The summed E-state index contributed by atoms with van der Waals surface area (Å²) in [7, 11) is 0. The van der Waals surface area contributed by atoms with Crippen molar-refractivity contribution in [1.82, 2.24) is 19.3 Å². The third-order valence-electron chi connectivity index (χ3n) is 3.44. The van der Waals surface area contributed by atoms with Gasteiger partial charge in [0.05, 0.1) is 18.2 Å². The minimum Gasteiger partial charge on any atom is -0.389 e. The number of aliphatic hydroxyl groups is 1. The maximum Gasteiger partial charge on any atom is 0.153 e. The predicted molar refractivity (Wildman–Crippen MR) is 83.3 cm³/mol. The van der Waals surface area contributed by atoms with Crippen molar-refractivity contribution in [3.05, 3.63) is 36.2 Å². The van der Waals surface area contributed by atoms with E-state index in [1.807, 2.05) is 29.2 Å². The zero-order valence-corrected chi connectivity index (χ0v) is 13.6. The van der Waals surface area contributed by atoms with Crippen LogP contribution in [0.25, 0.3) is 0 Å². The summed E-state index contributed by atoms with van der Waals surface area (Å²) in [4.78, 5) is 4.74. The lowest BCUT2D eigenvalue weighted by Crippen LogP contribution is -2.29. The fraction of sp³-hybridized carbons (Fsp3) is 0.625. The second kappa shape index (κ2) is 6.02. The molecule has 0 radical (unpaired) electrons. The molecular weight excluding hydrogens is 264 g/mol. The Morgan fingerprint density at radius 3 is 2.33 bits per heavy atom. The molecule has 2 aromatic heterocycles. The first kappa shape index (κ1) is 15.8. The van der Waals surface area contributed by atoms with Crippen LogP contribution in [0.3, 0.4) is 0 Å². The van der Waals surface area contributed by atoms with Gasteiger partial charge in [0.25, 0.3) is 0 Å². The molecule has 2 heterocycles. The van der Waals surface area contributed by atoms with Gasteiger partial charge in [0.15, 0.2) is 5.82 Å². The normalized spacial score (nSPS) is 13.9. The fourth-order valence-electron chi connectivity index (χ4n) is 2.43. The number of hydrogen-bond donors (Lipinski definition) is 1. The van der Waals surface area contributed by atoms with Gasteiger partial charge in [0.2, 0.25) is 0 Å². The third kappa shape index (κ3) is 3.73. The molecule has 2 rings (SSSR count). The van der Waals surface area contributed by atoms with E-state index < -0.39 is 5.60 Å². The Morgan fingerprint density at radius 1 is 1.24 bits per heavy atom. The molecule has 1 atom stereocenters. The van der Waals surface area contributed by atoms with E-state index in [1.165, 1.54) is 0 Å². The minimum absolute atomic E-state index is 0.141. The maximum absolute atomic E-state index is 10.1. The minimum atomic E-state index is -0.814. The summed E-state index contributed by atoms with van der Waals surface area (Å²) in [6, 6.07) is 4.17. The molecule has 2 aromatic rings. The molecule has 0 spiro atoms. The largest absolute Gasteiger partial charge is 0.389 e. The zero-order chi connectivity index (χ0) is 15.6. The molecule has 0 aromatic carbocycles. The smallest absolute Gasteiger partial charge is 0.153 e. The molecule has 0 aliphatic heterocycles. The van der Waals surface area contributed by atoms with Crippen LogP contribution in [0.2, 0.25) is 0 Å². The molecule has 1 unspecified atom stereocenters. The molecular formula is C16H26N4O. The lowest BCUT2D eigenvalue weighted by molar-refractivity contribution is 0.0559. The topological polar surface area (TPSA) is 55.9 Å². The standard InChI is InChI=1S/C16H26N4O/c1-6-13(19-9-7-8-10-19)15-17-14(12(2)3)18-20(15)11-16(4,5)21/h7-10,12-13,21H,6,11H2,1-5H3. The average Bonchev–Trinajstić information content (AvgIpc) is 2.99. The van der Waals surface area contributed by atoms with E-state index in [0.717, 1.165) is 18.1 Å². The van der Waals surface area contributed by atoms with Crippen LogP contribution in [0, 0.1) is 0 Å². The van der Waals surface area contributed by atoms with Crippen LogP contribution < -0.4 is 0 Å². The summed E-state index contributed by atoms with van der Waals surface area (Å²) < 4.78 is 4.01. The van der Waals surface area contributed by atoms with Gasteiger partial charge >= 0.3 is 0 Å². The van der Waals surface area contributed by atoms with Gasteiger partial charge in [-0.2, -0.15) is 5.10 Å². The van der Waals surface area contributed by atoms with E-state index in [2.05, 4.69) is 30.4 Å². The van der Waals surface area contributed by atoms with Gasteiger partial charge in [-0.05, 0) is 32.4 Å². The summed E-state index contributed by atoms with van der Waals surface area (Å²) in [5, 5.41) is 14.7. The molecule has 1 N–H and O–H groups in total. The Morgan fingerprint density at radius 2 is 1.86 bits per heavy atom. The van der Waals surface area contributed by atoms with Crippen LogP contribution in [-0.2, 0) is 6.54 Å². The second-order valence-corrected chi connectivity index (χ2v) is 6.51. The van der Waals surface area contributed by atoms with Gasteiger partial charge in [0, 0.05) is 18.3 Å². The molecule has 116 valence electrons. The molecule has 5 heteroatoms. The molecule has 0 saturated carbocycles. The monoisotopic (exact) mass is 290 g/mol. The van der Waals surface area contributed by atoms with Crippen molar-refractivity contribution in [2.45, 2.75) is 65.1 Å². The van der Waals surface area contributed by atoms with Crippen molar-refractivity contribution in [2.75, 3.05) is 0 Å². The summed E-state index contributed by atoms with van der Waals surface area (Å²) in [6.07, 6.45) is 5.02. The van der Waals surface area contributed by atoms with Crippen LogP contribution in [0.1, 0.15) is 64.6 Å². The Balaban J connectivity index is 2.44. The highest BCUT2D eigenvalue weighted by atomic mass is 16.3. The van der Waals surface area contributed by atoms with Crippen LogP contribution in [0.15, 0.2) is 24.5 Å². The van der Waals surface area contributed by atoms with E-state index in [1.54, 1.807) is 13.8 Å². The van der Waals surface area contributed by atoms with E-state index in [9.17, 15) is 5.11 Å². The van der Waals surface area contributed by atoms with Crippen molar-refractivity contribution in [3.8, 4) is 0 Å². The van der Waals surface area contributed by atoms with E-state index in [-0.39, 0.29) is 12.0 Å². The SMILES string of the molecule is CCC(c1nc(C(C)C)nn1CC(C)(C)O)n1cccc1. The average molecular weight is 290 g/mol. The Labute approximate surface area is 126 Å². The highest BCUT2D eigenvalue weighted by molar-refractivity contribution is 5.07. The summed E-state index contributed by atoms with van der Waals surface area (Å²) in [6.45, 7) is 10.4. The highest BCUT2D eigenvalue weighted by Gasteiger charge is 2.24. The fourth-order valence-corrected chi connectivity index (χ4v) is 2.43. The lowest BCUT2D eigenvalue weighted by Gasteiger charge is -2.21. The first-order valence-corrected chi connectivity index (χ1v) is 7.61. The Bertz CT molecular complexity index is 564.